The maximum absolute atomic E-state index is 12.0. The molecule has 0 saturated carbocycles. The highest BCUT2D eigenvalue weighted by molar-refractivity contribution is 4.77. The van der Waals surface area contributed by atoms with Gasteiger partial charge in [-0.25, -0.2) is 0 Å². The Labute approximate surface area is 108 Å². The van der Waals surface area contributed by atoms with E-state index in [9.17, 15) is 13.2 Å². The molecule has 1 N–H and O–H groups in total. The number of nitrogens with zero attached hydrogens (tertiary/aromatic N) is 1. The fraction of sp³-hybridized carbons (Fsp3) is 1.00. The Hall–Kier alpha value is -0.290. The molecule has 108 valence electrons. The largest absolute Gasteiger partial charge is 0.389 e. The molecule has 2 nitrogen and oxygen atoms in total. The quantitative estimate of drug-likeness (QED) is 0.743. The van der Waals surface area contributed by atoms with Crippen LogP contribution in [0.4, 0.5) is 13.2 Å². The van der Waals surface area contributed by atoms with E-state index in [1.807, 2.05) is 0 Å². The van der Waals surface area contributed by atoms with E-state index in [4.69, 9.17) is 0 Å². The van der Waals surface area contributed by atoms with E-state index in [0.29, 0.717) is 18.5 Å². The summed E-state index contributed by atoms with van der Waals surface area (Å²) in [5, 5.41) is 3.24. The summed E-state index contributed by atoms with van der Waals surface area (Å²) in [6, 6.07) is 0.404. The zero-order chi connectivity index (χ0) is 13.6. The molecule has 1 aliphatic heterocycles. The van der Waals surface area contributed by atoms with Gasteiger partial charge < -0.3 is 10.2 Å². The minimum absolute atomic E-state index is 0.190. The van der Waals surface area contributed by atoms with Crippen molar-refractivity contribution in [1.82, 2.24) is 10.2 Å². The van der Waals surface area contributed by atoms with Crippen LogP contribution < -0.4 is 5.32 Å². The van der Waals surface area contributed by atoms with Gasteiger partial charge in [-0.2, -0.15) is 13.2 Å². The van der Waals surface area contributed by atoms with E-state index in [2.05, 4.69) is 24.1 Å². The summed E-state index contributed by atoms with van der Waals surface area (Å²) in [5.74, 6) is 0.682. The third-order valence-corrected chi connectivity index (χ3v) is 3.28. The molecule has 0 spiro atoms. The monoisotopic (exact) mass is 266 g/mol. The molecule has 1 rings (SSSR count). The van der Waals surface area contributed by atoms with Crippen LogP contribution in [0, 0.1) is 5.92 Å². The SMILES string of the molecule is CC(C)CN1CCC(NCCCC(F)(F)F)CC1. The topological polar surface area (TPSA) is 15.3 Å². The van der Waals surface area contributed by atoms with Crippen LogP contribution in [0.3, 0.4) is 0 Å². The second-order valence-corrected chi connectivity index (χ2v) is 5.64. The van der Waals surface area contributed by atoms with Crippen molar-refractivity contribution in [2.24, 2.45) is 5.92 Å². The van der Waals surface area contributed by atoms with Crippen LogP contribution >= 0.6 is 0 Å². The van der Waals surface area contributed by atoms with Gasteiger partial charge in [0.25, 0.3) is 0 Å². The van der Waals surface area contributed by atoms with E-state index in [0.717, 1.165) is 32.5 Å². The molecule has 0 amide bonds. The second kappa shape index (κ2) is 7.34. The third kappa shape index (κ3) is 7.21. The Balaban J connectivity index is 2.05. The van der Waals surface area contributed by atoms with Gasteiger partial charge >= 0.3 is 6.18 Å². The summed E-state index contributed by atoms with van der Waals surface area (Å²) in [6.45, 7) is 8.16. The van der Waals surface area contributed by atoms with Gasteiger partial charge in [0.2, 0.25) is 0 Å². The van der Waals surface area contributed by atoms with Gasteiger partial charge in [-0.3, -0.25) is 0 Å². The molecule has 1 fully saturated rings. The molecule has 0 bridgehead atoms. The molecule has 0 aromatic rings. The molecule has 0 aromatic carbocycles. The van der Waals surface area contributed by atoms with Crippen LogP contribution in [0.5, 0.6) is 0 Å². The number of likely N-dealkylation sites (tertiary alicyclic amines) is 1. The Morgan fingerprint density at radius 2 is 1.83 bits per heavy atom. The fourth-order valence-electron chi connectivity index (χ4n) is 2.43. The lowest BCUT2D eigenvalue weighted by atomic mass is 10.0. The highest BCUT2D eigenvalue weighted by atomic mass is 19.4. The standard InChI is InChI=1S/C13H25F3N2/c1-11(2)10-18-8-4-12(5-9-18)17-7-3-6-13(14,15)16/h11-12,17H,3-10H2,1-2H3. The molecule has 0 aromatic heterocycles. The highest BCUT2D eigenvalue weighted by Crippen LogP contribution is 2.21. The first-order valence-electron chi connectivity index (χ1n) is 6.89. The first-order chi connectivity index (χ1) is 8.37. The fourth-order valence-corrected chi connectivity index (χ4v) is 2.43. The maximum atomic E-state index is 12.0. The molecular formula is C13H25F3N2. The number of halogens is 3. The number of piperidine rings is 1. The molecule has 18 heavy (non-hydrogen) atoms. The van der Waals surface area contributed by atoms with Crippen LogP contribution in [0.15, 0.2) is 0 Å². The second-order valence-electron chi connectivity index (χ2n) is 5.64. The third-order valence-electron chi connectivity index (χ3n) is 3.28. The van der Waals surface area contributed by atoms with Crippen LogP contribution in [0.2, 0.25) is 0 Å². The van der Waals surface area contributed by atoms with Gasteiger partial charge in [0.15, 0.2) is 0 Å². The summed E-state index contributed by atoms with van der Waals surface area (Å²) in [6.07, 6.45) is -2.39. The molecule has 1 aliphatic rings. The average molecular weight is 266 g/mol. The lowest BCUT2D eigenvalue weighted by molar-refractivity contribution is -0.135. The number of rotatable bonds is 6. The van der Waals surface area contributed by atoms with E-state index < -0.39 is 12.6 Å². The normalized spacial score (nSPS) is 19.7. The van der Waals surface area contributed by atoms with Gasteiger partial charge in [0.05, 0.1) is 0 Å². The molecular weight excluding hydrogens is 241 g/mol. The molecule has 0 aliphatic carbocycles. The van der Waals surface area contributed by atoms with Crippen molar-refractivity contribution in [2.75, 3.05) is 26.2 Å². The van der Waals surface area contributed by atoms with Crippen molar-refractivity contribution in [3.8, 4) is 0 Å². The molecule has 5 heteroatoms. The minimum atomic E-state index is -4.01. The van der Waals surface area contributed by atoms with Crippen molar-refractivity contribution < 1.29 is 13.2 Å². The van der Waals surface area contributed by atoms with Crippen LogP contribution in [-0.2, 0) is 0 Å². The summed E-state index contributed by atoms with van der Waals surface area (Å²) >= 11 is 0. The van der Waals surface area contributed by atoms with Gasteiger partial charge in [0.1, 0.15) is 0 Å². The van der Waals surface area contributed by atoms with Crippen LogP contribution in [0.25, 0.3) is 0 Å². The van der Waals surface area contributed by atoms with E-state index in [-0.39, 0.29) is 6.42 Å². The summed E-state index contributed by atoms with van der Waals surface area (Å²) in [5.41, 5.74) is 0. The molecule has 0 unspecified atom stereocenters. The Kier molecular flexibility index (Phi) is 6.43. The predicted octanol–water partition coefficient (Wildman–Crippen LogP) is 3.04. The molecule has 1 saturated heterocycles. The van der Waals surface area contributed by atoms with Crippen LogP contribution in [-0.4, -0.2) is 43.3 Å². The summed E-state index contributed by atoms with van der Waals surface area (Å²) < 4.78 is 35.9. The van der Waals surface area contributed by atoms with Crippen molar-refractivity contribution >= 4 is 0 Å². The average Bonchev–Trinajstić information content (AvgIpc) is 2.24. The zero-order valence-electron chi connectivity index (χ0n) is 11.4. The molecule has 0 radical (unpaired) electrons. The summed E-state index contributed by atoms with van der Waals surface area (Å²) in [4.78, 5) is 2.44. The van der Waals surface area contributed by atoms with Crippen molar-refractivity contribution in [3.63, 3.8) is 0 Å². The van der Waals surface area contributed by atoms with Crippen molar-refractivity contribution in [3.05, 3.63) is 0 Å². The lowest BCUT2D eigenvalue weighted by Gasteiger charge is -2.33. The van der Waals surface area contributed by atoms with Crippen molar-refractivity contribution in [2.45, 2.75) is 51.7 Å². The van der Waals surface area contributed by atoms with E-state index in [1.54, 1.807) is 0 Å². The van der Waals surface area contributed by atoms with E-state index >= 15 is 0 Å². The number of nitrogens with one attached hydrogen (secondary N) is 1. The van der Waals surface area contributed by atoms with Gasteiger partial charge in [-0.05, 0) is 44.8 Å². The van der Waals surface area contributed by atoms with Crippen molar-refractivity contribution in [1.29, 1.82) is 0 Å². The molecule has 0 atom stereocenters. The zero-order valence-corrected chi connectivity index (χ0v) is 11.4. The lowest BCUT2D eigenvalue weighted by Crippen LogP contribution is -2.43. The van der Waals surface area contributed by atoms with Crippen LogP contribution in [0.1, 0.15) is 39.5 Å². The first-order valence-corrected chi connectivity index (χ1v) is 6.89. The van der Waals surface area contributed by atoms with Gasteiger partial charge in [0, 0.05) is 19.0 Å². The smallest absolute Gasteiger partial charge is 0.314 e. The number of hydrogen-bond donors (Lipinski definition) is 1. The first kappa shape index (κ1) is 15.8. The number of alkyl halides is 3. The Bertz CT molecular complexity index is 221. The van der Waals surface area contributed by atoms with Gasteiger partial charge in [-0.15, -0.1) is 0 Å². The summed E-state index contributed by atoms with van der Waals surface area (Å²) in [7, 11) is 0. The van der Waals surface area contributed by atoms with Gasteiger partial charge in [-0.1, -0.05) is 13.8 Å². The highest BCUT2D eigenvalue weighted by Gasteiger charge is 2.26. The predicted molar refractivity (Wildman–Crippen MR) is 67.6 cm³/mol. The maximum Gasteiger partial charge on any atom is 0.389 e. The molecule has 1 heterocycles. The Morgan fingerprint density at radius 3 is 2.33 bits per heavy atom. The Morgan fingerprint density at radius 1 is 1.22 bits per heavy atom. The van der Waals surface area contributed by atoms with E-state index in [1.165, 1.54) is 0 Å². The minimum Gasteiger partial charge on any atom is -0.314 e. The number of hydrogen-bond acceptors (Lipinski definition) is 2.